The molecule has 1 aromatic rings. The molecule has 0 saturated heterocycles. The summed E-state index contributed by atoms with van der Waals surface area (Å²) in [7, 11) is 0. The molecule has 1 aliphatic carbocycles. The van der Waals surface area contributed by atoms with E-state index in [1.165, 1.54) is 28.0 Å². The Balaban J connectivity index is 2.59. The van der Waals surface area contributed by atoms with Crippen molar-refractivity contribution in [3.63, 3.8) is 0 Å². The van der Waals surface area contributed by atoms with Gasteiger partial charge < -0.3 is 0 Å². The largest absolute Gasteiger partial charge is 0.0911 e. The topological polar surface area (TPSA) is 0 Å². The van der Waals surface area contributed by atoms with Gasteiger partial charge >= 0.3 is 0 Å². The van der Waals surface area contributed by atoms with E-state index < -0.39 is 0 Å². The van der Waals surface area contributed by atoms with Crippen molar-refractivity contribution in [2.24, 2.45) is 11.3 Å². The summed E-state index contributed by atoms with van der Waals surface area (Å²) in [6, 6.07) is 6.64. The molecule has 0 heteroatoms. The molecule has 0 aliphatic heterocycles. The van der Waals surface area contributed by atoms with Crippen LogP contribution in [0.25, 0.3) is 11.6 Å². The van der Waals surface area contributed by atoms with E-state index in [1.807, 2.05) is 0 Å². The van der Waals surface area contributed by atoms with Gasteiger partial charge in [-0.1, -0.05) is 55.8 Å². The Kier molecular flexibility index (Phi) is 3.47. The highest BCUT2D eigenvalue weighted by atomic mass is 14.3. The van der Waals surface area contributed by atoms with Gasteiger partial charge in [-0.3, -0.25) is 0 Å². The van der Waals surface area contributed by atoms with Gasteiger partial charge in [0.1, 0.15) is 0 Å². The number of aryl methyl sites for hydroxylation is 1. The van der Waals surface area contributed by atoms with Gasteiger partial charge in [-0.05, 0) is 54.5 Å². The molecule has 1 aliphatic rings. The summed E-state index contributed by atoms with van der Waals surface area (Å²) < 4.78 is 0. The van der Waals surface area contributed by atoms with Crippen molar-refractivity contribution < 1.29 is 0 Å². The highest BCUT2D eigenvalue weighted by Gasteiger charge is 2.26. The van der Waals surface area contributed by atoms with Crippen LogP contribution in [0.5, 0.6) is 0 Å². The molecule has 0 amide bonds. The SMILES string of the molecule is CC=CC(C)(C)C1C=c2c(C)cccc2=C(C)C1. The zero-order valence-electron chi connectivity index (χ0n) is 12.2. The molecule has 0 spiro atoms. The van der Waals surface area contributed by atoms with E-state index in [4.69, 9.17) is 0 Å². The smallest absolute Gasteiger partial charge is 0.0101 e. The molecule has 0 fully saturated rings. The molecular weight excluding hydrogens is 216 g/mol. The average Bonchev–Trinajstić information content (AvgIpc) is 2.30. The lowest BCUT2D eigenvalue weighted by atomic mass is 9.73. The maximum absolute atomic E-state index is 2.48. The molecule has 96 valence electrons. The fourth-order valence-corrected chi connectivity index (χ4v) is 3.00. The fourth-order valence-electron chi connectivity index (χ4n) is 3.00. The third-order valence-electron chi connectivity index (χ3n) is 4.23. The Hall–Kier alpha value is -1.30. The van der Waals surface area contributed by atoms with Gasteiger partial charge in [0.05, 0.1) is 0 Å². The first kappa shape index (κ1) is 13.1. The summed E-state index contributed by atoms with van der Waals surface area (Å²) in [5.74, 6) is 0.599. The lowest BCUT2D eigenvalue weighted by Gasteiger charge is -2.32. The van der Waals surface area contributed by atoms with Crippen molar-refractivity contribution in [1.29, 1.82) is 0 Å². The monoisotopic (exact) mass is 240 g/mol. The summed E-state index contributed by atoms with van der Waals surface area (Å²) >= 11 is 0. The summed E-state index contributed by atoms with van der Waals surface area (Å²) in [6.07, 6.45) is 8.17. The Morgan fingerprint density at radius 3 is 2.61 bits per heavy atom. The van der Waals surface area contributed by atoms with Crippen molar-refractivity contribution in [2.75, 3.05) is 0 Å². The first-order chi connectivity index (χ1) is 8.45. The predicted molar refractivity (Wildman–Crippen MR) is 80.7 cm³/mol. The van der Waals surface area contributed by atoms with Crippen LogP contribution in [0.4, 0.5) is 0 Å². The van der Waals surface area contributed by atoms with Crippen LogP contribution in [-0.2, 0) is 0 Å². The van der Waals surface area contributed by atoms with E-state index in [-0.39, 0.29) is 5.41 Å². The number of rotatable bonds is 2. The molecule has 1 atom stereocenters. The van der Waals surface area contributed by atoms with Crippen LogP contribution in [0.3, 0.4) is 0 Å². The number of hydrogen-bond acceptors (Lipinski definition) is 0. The highest BCUT2D eigenvalue weighted by molar-refractivity contribution is 5.53. The maximum atomic E-state index is 2.48. The van der Waals surface area contributed by atoms with Gasteiger partial charge in [-0.25, -0.2) is 0 Å². The third kappa shape index (κ3) is 2.29. The highest BCUT2D eigenvalue weighted by Crippen LogP contribution is 2.35. The van der Waals surface area contributed by atoms with Gasteiger partial charge in [0.15, 0.2) is 0 Å². The number of fused-ring (bicyclic) bond motifs is 1. The van der Waals surface area contributed by atoms with Crippen LogP contribution >= 0.6 is 0 Å². The minimum atomic E-state index is 0.232. The molecule has 18 heavy (non-hydrogen) atoms. The Bertz CT molecular complexity index is 585. The van der Waals surface area contributed by atoms with Crippen LogP contribution in [-0.4, -0.2) is 0 Å². The molecule has 1 aromatic carbocycles. The van der Waals surface area contributed by atoms with Crippen molar-refractivity contribution >= 4 is 11.6 Å². The lowest BCUT2D eigenvalue weighted by Crippen LogP contribution is -2.36. The van der Waals surface area contributed by atoms with Crippen LogP contribution in [0.1, 0.15) is 39.7 Å². The van der Waals surface area contributed by atoms with E-state index in [2.05, 4.69) is 71.0 Å². The predicted octanol–water partition coefficient (Wildman–Crippen LogP) is 3.57. The second-order valence-electron chi connectivity index (χ2n) is 6.12. The van der Waals surface area contributed by atoms with E-state index in [0.717, 1.165) is 0 Å². The van der Waals surface area contributed by atoms with Crippen molar-refractivity contribution in [3.8, 4) is 0 Å². The summed E-state index contributed by atoms with van der Waals surface area (Å²) in [5.41, 5.74) is 3.15. The quantitative estimate of drug-likeness (QED) is 0.693. The summed E-state index contributed by atoms with van der Waals surface area (Å²) in [6.45, 7) is 11.3. The molecule has 0 bridgehead atoms. The molecular formula is C18H24. The molecule has 0 heterocycles. The first-order valence-electron chi connectivity index (χ1n) is 6.87. The minimum absolute atomic E-state index is 0.232. The molecule has 0 radical (unpaired) electrons. The van der Waals surface area contributed by atoms with Gasteiger partial charge in [-0.15, -0.1) is 0 Å². The molecule has 1 unspecified atom stereocenters. The van der Waals surface area contributed by atoms with Crippen molar-refractivity contribution in [2.45, 2.75) is 41.0 Å². The zero-order chi connectivity index (χ0) is 13.3. The standard InChI is InChI=1S/C18H24/c1-6-10-18(4,5)15-11-14(3)16-9-7-8-13(2)17(16)12-15/h6-10,12,15H,11H2,1-5H3. The maximum Gasteiger partial charge on any atom is -0.0101 e. The lowest BCUT2D eigenvalue weighted by molar-refractivity contribution is 0.363. The molecule has 0 saturated carbocycles. The van der Waals surface area contributed by atoms with Crippen molar-refractivity contribution in [3.05, 3.63) is 46.4 Å². The van der Waals surface area contributed by atoms with Gasteiger partial charge in [0, 0.05) is 0 Å². The van der Waals surface area contributed by atoms with Crippen LogP contribution in [0, 0.1) is 18.3 Å². The minimum Gasteiger partial charge on any atom is -0.0911 e. The van der Waals surface area contributed by atoms with E-state index in [1.54, 1.807) is 0 Å². The molecule has 0 N–H and O–H groups in total. The number of allylic oxidation sites excluding steroid dienone is 2. The Labute approximate surface area is 111 Å². The fraction of sp³-hybridized carbons (Fsp3) is 0.444. The van der Waals surface area contributed by atoms with E-state index in [0.29, 0.717) is 5.92 Å². The van der Waals surface area contributed by atoms with Crippen LogP contribution < -0.4 is 10.4 Å². The summed E-state index contributed by atoms with van der Waals surface area (Å²) in [5, 5.41) is 2.89. The second kappa shape index (κ2) is 4.76. The first-order valence-corrected chi connectivity index (χ1v) is 6.87. The van der Waals surface area contributed by atoms with Crippen LogP contribution in [0.15, 0.2) is 30.4 Å². The molecule has 0 nitrogen and oxygen atoms in total. The second-order valence-corrected chi connectivity index (χ2v) is 6.12. The van der Waals surface area contributed by atoms with Gasteiger partial charge in [0.25, 0.3) is 0 Å². The molecule has 2 rings (SSSR count). The Morgan fingerprint density at radius 1 is 1.22 bits per heavy atom. The van der Waals surface area contributed by atoms with Gasteiger partial charge in [-0.2, -0.15) is 0 Å². The van der Waals surface area contributed by atoms with Gasteiger partial charge in [0.2, 0.25) is 0 Å². The number of benzene rings is 1. The van der Waals surface area contributed by atoms with E-state index in [9.17, 15) is 0 Å². The summed E-state index contributed by atoms with van der Waals surface area (Å²) in [4.78, 5) is 0. The normalized spacial score (nSPS) is 19.8. The molecule has 0 aromatic heterocycles. The average molecular weight is 240 g/mol. The number of hydrogen-bond donors (Lipinski definition) is 0. The van der Waals surface area contributed by atoms with Crippen molar-refractivity contribution in [1.82, 2.24) is 0 Å². The van der Waals surface area contributed by atoms with E-state index >= 15 is 0 Å². The van der Waals surface area contributed by atoms with Crippen LogP contribution in [0.2, 0.25) is 0 Å². The Morgan fingerprint density at radius 2 is 1.94 bits per heavy atom. The zero-order valence-corrected chi connectivity index (χ0v) is 12.2. The third-order valence-corrected chi connectivity index (χ3v) is 4.23.